The van der Waals surface area contributed by atoms with E-state index in [4.69, 9.17) is 14.3 Å². The van der Waals surface area contributed by atoms with Gasteiger partial charge in [-0.05, 0) is 111 Å². The summed E-state index contributed by atoms with van der Waals surface area (Å²) in [7, 11) is 0. The molecule has 1 N–H and O–H groups in total. The summed E-state index contributed by atoms with van der Waals surface area (Å²) in [6, 6.07) is 17.4. The molecule has 7 heteroatoms. The number of aryl methyl sites for hydroxylation is 2. The van der Waals surface area contributed by atoms with Crippen LogP contribution in [0.1, 0.15) is 102 Å². The van der Waals surface area contributed by atoms with Crippen LogP contribution >= 0.6 is 11.5 Å². The first-order chi connectivity index (χ1) is 17.9. The van der Waals surface area contributed by atoms with E-state index in [-0.39, 0.29) is 12.3 Å². The first-order valence-corrected chi connectivity index (χ1v) is 13.8. The van der Waals surface area contributed by atoms with Crippen LogP contribution in [0, 0.1) is 13.8 Å². The van der Waals surface area contributed by atoms with Crippen molar-refractivity contribution >= 4 is 29.5 Å². The summed E-state index contributed by atoms with van der Waals surface area (Å²) < 4.78 is 10.3. The molecule has 2 fully saturated rings. The Balaban J connectivity index is 0.00000102. The molecule has 2 aliphatic rings. The molecule has 1 aromatic heterocycles. The van der Waals surface area contributed by atoms with Crippen LogP contribution in [0.15, 0.2) is 48.5 Å². The Morgan fingerprint density at radius 2 is 1.43 bits per heavy atom. The van der Waals surface area contributed by atoms with Gasteiger partial charge in [-0.3, -0.25) is 5.32 Å². The lowest BCUT2D eigenvalue weighted by molar-refractivity contribution is -0.191. The van der Waals surface area contributed by atoms with Gasteiger partial charge in [0, 0.05) is 0 Å². The standard InChI is InChI=1S/C29H34N2O2S.CO2/c1-18-6-4-5-7-26(18)20(3)33-29(32)30-27-19(2)31-34-28(27)25-16-14-24(15-17-25)23-12-10-22(11-13-23)21-8-9-21;2-1-3/h4-7,10-13,20-21,24-25H,8-9,14-17H2,1-3H3,(H,30,32);. The molecule has 1 atom stereocenters. The Morgan fingerprint density at radius 3 is 1.97 bits per heavy atom. The fourth-order valence-electron chi connectivity index (χ4n) is 5.36. The van der Waals surface area contributed by atoms with Crippen molar-refractivity contribution in [1.29, 1.82) is 0 Å². The summed E-state index contributed by atoms with van der Waals surface area (Å²) in [6.07, 6.45) is 6.85. The van der Waals surface area contributed by atoms with E-state index in [9.17, 15) is 4.79 Å². The quantitative estimate of drug-likeness (QED) is 0.360. The highest BCUT2D eigenvalue weighted by molar-refractivity contribution is 7.06. The monoisotopic (exact) mass is 518 g/mol. The number of nitrogens with one attached hydrogen (secondary N) is 1. The maximum absolute atomic E-state index is 12.8. The smallest absolute Gasteiger partial charge is 0.412 e. The number of nitrogens with zero attached hydrogens (tertiary/aromatic N) is 1. The van der Waals surface area contributed by atoms with Crippen LogP contribution in [0.2, 0.25) is 0 Å². The summed E-state index contributed by atoms with van der Waals surface area (Å²) in [4.78, 5) is 30.2. The van der Waals surface area contributed by atoms with E-state index in [1.165, 1.54) is 53.2 Å². The number of carbonyl (C=O) groups is 1. The number of hydrogen-bond donors (Lipinski definition) is 1. The number of ether oxygens (including phenoxy) is 1. The Bertz CT molecular complexity index is 1230. The van der Waals surface area contributed by atoms with Crippen LogP contribution in [0.5, 0.6) is 0 Å². The maximum atomic E-state index is 12.8. The first kappa shape index (κ1) is 26.8. The average Bonchev–Trinajstić information content (AvgIpc) is 3.69. The van der Waals surface area contributed by atoms with Gasteiger partial charge in [0.05, 0.1) is 16.3 Å². The summed E-state index contributed by atoms with van der Waals surface area (Å²) in [6.45, 7) is 5.92. The lowest BCUT2D eigenvalue weighted by atomic mass is 9.77. The molecular weight excluding hydrogens is 484 g/mol. The van der Waals surface area contributed by atoms with E-state index in [0.717, 1.165) is 41.3 Å². The fourth-order valence-corrected chi connectivity index (χ4v) is 6.36. The molecule has 0 aliphatic heterocycles. The van der Waals surface area contributed by atoms with Crippen molar-refractivity contribution in [2.75, 3.05) is 5.32 Å². The second kappa shape index (κ2) is 12.3. The van der Waals surface area contributed by atoms with E-state index >= 15 is 0 Å². The molecule has 0 spiro atoms. The number of rotatable bonds is 6. The lowest BCUT2D eigenvalue weighted by Gasteiger charge is -2.29. The van der Waals surface area contributed by atoms with Crippen LogP contribution in [0.25, 0.3) is 0 Å². The van der Waals surface area contributed by atoms with Gasteiger partial charge in [-0.1, -0.05) is 48.5 Å². The summed E-state index contributed by atoms with van der Waals surface area (Å²) >= 11 is 1.53. The topological polar surface area (TPSA) is 85.4 Å². The van der Waals surface area contributed by atoms with Crippen LogP contribution in [-0.4, -0.2) is 16.6 Å². The highest BCUT2D eigenvalue weighted by atomic mass is 32.1. The van der Waals surface area contributed by atoms with Gasteiger partial charge in [0.1, 0.15) is 6.10 Å². The van der Waals surface area contributed by atoms with Crippen molar-refractivity contribution in [3.63, 3.8) is 0 Å². The zero-order valence-electron chi connectivity index (χ0n) is 21.7. The Labute approximate surface area is 222 Å². The third-order valence-electron chi connectivity index (χ3n) is 7.58. The Morgan fingerprint density at radius 1 is 0.919 bits per heavy atom. The van der Waals surface area contributed by atoms with Gasteiger partial charge in [0.15, 0.2) is 0 Å². The number of aromatic nitrogens is 1. The van der Waals surface area contributed by atoms with Crippen LogP contribution < -0.4 is 5.32 Å². The molecule has 6 nitrogen and oxygen atoms in total. The van der Waals surface area contributed by atoms with Crippen molar-refractivity contribution in [1.82, 2.24) is 4.37 Å². The van der Waals surface area contributed by atoms with Gasteiger partial charge in [-0.15, -0.1) is 0 Å². The van der Waals surface area contributed by atoms with Crippen LogP contribution in [0.4, 0.5) is 10.5 Å². The van der Waals surface area contributed by atoms with Crippen molar-refractivity contribution < 1.29 is 19.1 Å². The lowest BCUT2D eigenvalue weighted by Crippen LogP contribution is -2.19. The molecule has 0 radical (unpaired) electrons. The molecule has 1 unspecified atom stereocenters. The molecule has 2 aliphatic carbocycles. The second-order valence-electron chi connectivity index (χ2n) is 10.1. The third kappa shape index (κ3) is 6.73. The predicted octanol–water partition coefficient (Wildman–Crippen LogP) is 7.80. The SMILES string of the molecule is Cc1ccccc1C(C)OC(=O)Nc1c(C)nsc1C1CCC(c2ccc(C3CC3)cc2)CC1.O=C=O. The van der Waals surface area contributed by atoms with E-state index in [2.05, 4.69) is 34.0 Å². The summed E-state index contributed by atoms with van der Waals surface area (Å²) in [5.74, 6) is 1.89. The minimum absolute atomic E-state index is 0.250. The van der Waals surface area contributed by atoms with E-state index in [0.29, 0.717) is 11.8 Å². The number of hydrogen-bond acceptors (Lipinski definition) is 6. The highest BCUT2D eigenvalue weighted by Crippen LogP contribution is 2.45. The molecule has 3 aromatic rings. The minimum atomic E-state index is -0.412. The zero-order valence-corrected chi connectivity index (χ0v) is 22.5. The van der Waals surface area contributed by atoms with Gasteiger partial charge in [0.25, 0.3) is 0 Å². The molecule has 194 valence electrons. The first-order valence-electron chi connectivity index (χ1n) is 13.0. The molecule has 2 saturated carbocycles. The third-order valence-corrected chi connectivity index (χ3v) is 8.68. The van der Waals surface area contributed by atoms with Crippen LogP contribution in [0.3, 0.4) is 0 Å². The zero-order chi connectivity index (χ0) is 26.4. The van der Waals surface area contributed by atoms with E-state index < -0.39 is 6.09 Å². The molecule has 1 heterocycles. The average molecular weight is 519 g/mol. The van der Waals surface area contributed by atoms with E-state index in [1.807, 2.05) is 45.0 Å². The Kier molecular flexibility index (Phi) is 8.91. The van der Waals surface area contributed by atoms with Crippen LogP contribution in [-0.2, 0) is 14.3 Å². The molecule has 2 aromatic carbocycles. The molecule has 0 saturated heterocycles. The molecule has 37 heavy (non-hydrogen) atoms. The predicted molar refractivity (Wildman–Crippen MR) is 144 cm³/mol. The maximum Gasteiger partial charge on any atom is 0.412 e. The Hall–Kier alpha value is -3.28. The summed E-state index contributed by atoms with van der Waals surface area (Å²) in [5, 5.41) is 3.03. The van der Waals surface area contributed by atoms with Gasteiger partial charge in [0.2, 0.25) is 0 Å². The van der Waals surface area contributed by atoms with Gasteiger partial charge in [-0.25, -0.2) is 4.79 Å². The largest absolute Gasteiger partial charge is 0.441 e. The second-order valence-corrected chi connectivity index (χ2v) is 10.9. The van der Waals surface area contributed by atoms with Gasteiger partial charge < -0.3 is 4.74 Å². The van der Waals surface area contributed by atoms with Crippen molar-refractivity contribution in [2.24, 2.45) is 0 Å². The summed E-state index contributed by atoms with van der Waals surface area (Å²) in [5.41, 5.74) is 6.87. The number of amides is 1. The number of carbonyl (C=O) groups excluding carboxylic acids is 3. The van der Waals surface area contributed by atoms with Crippen molar-refractivity contribution in [2.45, 2.75) is 83.2 Å². The molecule has 0 bridgehead atoms. The minimum Gasteiger partial charge on any atom is -0.441 e. The molecular formula is C30H34N2O4S. The normalized spacial score (nSPS) is 19.6. The van der Waals surface area contributed by atoms with E-state index in [1.54, 1.807) is 0 Å². The number of anilines is 1. The molecule has 5 rings (SSSR count). The highest BCUT2D eigenvalue weighted by Gasteiger charge is 2.29. The van der Waals surface area contributed by atoms with Gasteiger partial charge in [-0.2, -0.15) is 14.0 Å². The fraction of sp³-hybridized carbons (Fsp3) is 0.433. The number of benzene rings is 2. The van der Waals surface area contributed by atoms with Crippen molar-refractivity contribution in [3.05, 3.63) is 81.4 Å². The van der Waals surface area contributed by atoms with Crippen molar-refractivity contribution in [3.8, 4) is 0 Å². The molecule has 1 amide bonds. The van der Waals surface area contributed by atoms with Gasteiger partial charge >= 0.3 is 12.2 Å².